The Labute approximate surface area is 96.1 Å². The summed E-state index contributed by atoms with van der Waals surface area (Å²) in [6, 6.07) is 4.62. The van der Waals surface area contributed by atoms with E-state index in [0.717, 1.165) is 0 Å². The molecule has 0 aliphatic rings. The molecule has 0 radical (unpaired) electrons. The monoisotopic (exact) mass is 237 g/mol. The Morgan fingerprint density at radius 3 is 2.75 bits per heavy atom. The van der Waals surface area contributed by atoms with Crippen LogP contribution < -0.4 is 5.32 Å². The second kappa shape index (κ2) is 3.94. The Bertz CT molecular complexity index is 571. The largest absolute Gasteiger partial charge is 0.478 e. The summed E-state index contributed by atoms with van der Waals surface area (Å²) in [6.07, 6.45) is 0. The molecule has 1 heterocycles. The zero-order valence-corrected chi connectivity index (χ0v) is 9.12. The summed E-state index contributed by atoms with van der Waals surface area (Å²) in [5.74, 6) is -0.487. The fourth-order valence-electron chi connectivity index (χ4n) is 1.44. The van der Waals surface area contributed by atoms with Crippen molar-refractivity contribution in [1.82, 2.24) is 10.2 Å². The van der Waals surface area contributed by atoms with Gasteiger partial charge < -0.3 is 10.4 Å². The highest BCUT2D eigenvalue weighted by Crippen LogP contribution is 2.26. The van der Waals surface area contributed by atoms with Crippen LogP contribution in [0.5, 0.6) is 0 Å². The van der Waals surface area contributed by atoms with Crippen molar-refractivity contribution in [1.29, 1.82) is 0 Å². The quantitative estimate of drug-likeness (QED) is 0.836. The van der Waals surface area contributed by atoms with Crippen LogP contribution >= 0.6 is 11.6 Å². The van der Waals surface area contributed by atoms with Gasteiger partial charge in [-0.1, -0.05) is 17.7 Å². The number of aromatic nitrogens is 2. The van der Waals surface area contributed by atoms with Crippen molar-refractivity contribution in [2.45, 2.75) is 0 Å². The predicted octanol–water partition coefficient (Wildman–Crippen LogP) is 2.02. The summed E-state index contributed by atoms with van der Waals surface area (Å²) in [5, 5.41) is 20.9. The molecule has 0 unspecified atom stereocenters. The molecule has 1 aromatic carbocycles. The number of nitrogens with zero attached hydrogens (tertiary/aromatic N) is 2. The molecule has 0 bridgehead atoms. The molecule has 16 heavy (non-hydrogen) atoms. The number of anilines is 1. The van der Waals surface area contributed by atoms with Crippen molar-refractivity contribution in [3.05, 3.63) is 28.9 Å². The van der Waals surface area contributed by atoms with E-state index in [4.69, 9.17) is 16.7 Å². The normalized spacial score (nSPS) is 10.4. The lowest BCUT2D eigenvalue weighted by Gasteiger charge is -2.05. The van der Waals surface area contributed by atoms with Gasteiger partial charge in [-0.3, -0.25) is 0 Å². The van der Waals surface area contributed by atoms with E-state index in [9.17, 15) is 4.79 Å². The fraction of sp³-hybridized carbons (Fsp3) is 0.100. The topological polar surface area (TPSA) is 75.1 Å². The van der Waals surface area contributed by atoms with E-state index >= 15 is 0 Å². The van der Waals surface area contributed by atoms with E-state index in [1.165, 1.54) is 12.1 Å². The smallest absolute Gasteiger partial charge is 0.335 e. The number of benzene rings is 1. The number of hydrogen-bond acceptors (Lipinski definition) is 4. The lowest BCUT2D eigenvalue weighted by atomic mass is 10.1. The Morgan fingerprint density at radius 2 is 2.12 bits per heavy atom. The molecule has 6 heteroatoms. The Balaban J connectivity index is 2.79. The molecule has 0 saturated carbocycles. The molecule has 2 N–H and O–H groups in total. The Kier molecular flexibility index (Phi) is 2.62. The Morgan fingerprint density at radius 1 is 1.38 bits per heavy atom. The molecule has 0 spiro atoms. The minimum absolute atomic E-state index is 0.188. The molecule has 0 amide bonds. The molecule has 0 atom stereocenters. The average Bonchev–Trinajstić information content (AvgIpc) is 2.29. The van der Waals surface area contributed by atoms with Gasteiger partial charge in [-0.2, -0.15) is 0 Å². The number of hydrogen-bond donors (Lipinski definition) is 2. The van der Waals surface area contributed by atoms with Gasteiger partial charge in [-0.05, 0) is 12.1 Å². The van der Waals surface area contributed by atoms with E-state index in [1.54, 1.807) is 13.1 Å². The summed E-state index contributed by atoms with van der Waals surface area (Å²) >= 11 is 5.87. The standard InChI is InChI=1S/C10H8ClN3O2/c1-12-9-7-4-5(10(15)16)2-3-6(7)8(11)13-14-9/h2-4H,1H3,(H,12,14)(H,15,16). The van der Waals surface area contributed by atoms with Crippen molar-refractivity contribution in [3.63, 3.8) is 0 Å². The third-order valence-corrected chi connectivity index (χ3v) is 2.50. The van der Waals surface area contributed by atoms with Gasteiger partial charge >= 0.3 is 5.97 Å². The van der Waals surface area contributed by atoms with Gasteiger partial charge in [0.2, 0.25) is 0 Å². The summed E-state index contributed by atoms with van der Waals surface area (Å²) in [7, 11) is 1.69. The van der Waals surface area contributed by atoms with Crippen LogP contribution in [0.4, 0.5) is 5.82 Å². The van der Waals surface area contributed by atoms with Crippen molar-refractivity contribution >= 4 is 34.2 Å². The van der Waals surface area contributed by atoms with Gasteiger partial charge in [0, 0.05) is 17.8 Å². The first-order chi connectivity index (χ1) is 7.63. The maximum absolute atomic E-state index is 10.8. The highest BCUT2D eigenvalue weighted by atomic mass is 35.5. The third kappa shape index (κ3) is 1.65. The lowest BCUT2D eigenvalue weighted by Crippen LogP contribution is -2.00. The number of carboxylic acids is 1. The molecule has 1 aromatic heterocycles. The summed E-state index contributed by atoms with van der Waals surface area (Å²) in [4.78, 5) is 10.8. The minimum atomic E-state index is -0.989. The highest BCUT2D eigenvalue weighted by Gasteiger charge is 2.10. The zero-order valence-electron chi connectivity index (χ0n) is 8.36. The maximum Gasteiger partial charge on any atom is 0.335 e. The molecule has 2 rings (SSSR count). The number of fused-ring (bicyclic) bond motifs is 1. The van der Waals surface area contributed by atoms with Gasteiger partial charge in [-0.25, -0.2) is 4.79 Å². The van der Waals surface area contributed by atoms with Crippen LogP contribution in [-0.4, -0.2) is 28.3 Å². The molecular formula is C10H8ClN3O2. The molecule has 82 valence electrons. The first-order valence-corrected chi connectivity index (χ1v) is 4.88. The van der Waals surface area contributed by atoms with Crippen molar-refractivity contribution in [2.75, 3.05) is 12.4 Å². The SMILES string of the molecule is CNc1nnc(Cl)c2ccc(C(=O)O)cc12. The molecule has 0 fully saturated rings. The summed E-state index contributed by atoms with van der Waals surface area (Å²) < 4.78 is 0. The van der Waals surface area contributed by atoms with Crippen LogP contribution in [0.1, 0.15) is 10.4 Å². The Hall–Kier alpha value is -1.88. The van der Waals surface area contributed by atoms with Crippen LogP contribution in [0.3, 0.4) is 0 Å². The van der Waals surface area contributed by atoms with Gasteiger partial charge in [0.1, 0.15) is 0 Å². The van der Waals surface area contributed by atoms with Crippen LogP contribution in [0.15, 0.2) is 18.2 Å². The van der Waals surface area contributed by atoms with Crippen LogP contribution in [-0.2, 0) is 0 Å². The van der Waals surface area contributed by atoms with Crippen molar-refractivity contribution in [2.24, 2.45) is 0 Å². The van der Waals surface area contributed by atoms with Gasteiger partial charge in [0.15, 0.2) is 11.0 Å². The third-order valence-electron chi connectivity index (χ3n) is 2.22. The number of halogens is 1. The fourth-order valence-corrected chi connectivity index (χ4v) is 1.64. The molecule has 2 aromatic rings. The van der Waals surface area contributed by atoms with Crippen LogP contribution in [0, 0.1) is 0 Å². The van der Waals surface area contributed by atoms with E-state index in [-0.39, 0.29) is 10.7 Å². The molecule has 0 saturated heterocycles. The molecule has 5 nitrogen and oxygen atoms in total. The zero-order chi connectivity index (χ0) is 11.7. The van der Waals surface area contributed by atoms with Gasteiger partial charge in [-0.15, -0.1) is 10.2 Å². The van der Waals surface area contributed by atoms with Crippen LogP contribution in [0.2, 0.25) is 5.15 Å². The first-order valence-electron chi connectivity index (χ1n) is 4.50. The molecule has 0 aliphatic heterocycles. The lowest BCUT2D eigenvalue weighted by molar-refractivity contribution is 0.0697. The van der Waals surface area contributed by atoms with Crippen molar-refractivity contribution in [3.8, 4) is 0 Å². The summed E-state index contributed by atoms with van der Waals surface area (Å²) in [6.45, 7) is 0. The predicted molar refractivity (Wildman–Crippen MR) is 61.1 cm³/mol. The number of carbonyl (C=O) groups is 1. The van der Waals surface area contributed by atoms with Gasteiger partial charge in [0.05, 0.1) is 5.56 Å². The first kappa shape index (κ1) is 10.6. The second-order valence-electron chi connectivity index (χ2n) is 3.15. The average molecular weight is 238 g/mol. The van der Waals surface area contributed by atoms with Crippen LogP contribution in [0.25, 0.3) is 10.8 Å². The molecular weight excluding hydrogens is 230 g/mol. The van der Waals surface area contributed by atoms with E-state index in [2.05, 4.69) is 15.5 Å². The number of carboxylic acid groups (broad SMARTS) is 1. The van der Waals surface area contributed by atoms with E-state index < -0.39 is 5.97 Å². The molecule has 0 aliphatic carbocycles. The number of nitrogens with one attached hydrogen (secondary N) is 1. The highest BCUT2D eigenvalue weighted by molar-refractivity contribution is 6.34. The van der Waals surface area contributed by atoms with Gasteiger partial charge in [0.25, 0.3) is 0 Å². The van der Waals surface area contributed by atoms with E-state index in [1.807, 2.05) is 0 Å². The number of aromatic carboxylic acids is 1. The minimum Gasteiger partial charge on any atom is -0.478 e. The number of rotatable bonds is 2. The summed E-state index contributed by atoms with van der Waals surface area (Å²) in [5.41, 5.74) is 0.188. The second-order valence-corrected chi connectivity index (χ2v) is 3.51. The van der Waals surface area contributed by atoms with E-state index in [0.29, 0.717) is 16.6 Å². The maximum atomic E-state index is 10.8. The van der Waals surface area contributed by atoms with Crippen molar-refractivity contribution < 1.29 is 9.90 Å².